The minimum atomic E-state index is -0.561. The maximum Gasteiger partial charge on any atom is 0.249 e. The molecule has 3 aromatic carbocycles. The van der Waals surface area contributed by atoms with Gasteiger partial charge in [-0.3, -0.25) is 9.59 Å². The van der Waals surface area contributed by atoms with Crippen molar-refractivity contribution in [3.63, 3.8) is 0 Å². The van der Waals surface area contributed by atoms with Gasteiger partial charge in [-0.15, -0.1) is 12.4 Å². The third-order valence-electron chi connectivity index (χ3n) is 5.93. The smallest absolute Gasteiger partial charge is 0.249 e. The van der Waals surface area contributed by atoms with Crippen LogP contribution in [0.4, 0.5) is 5.69 Å². The summed E-state index contributed by atoms with van der Waals surface area (Å²) in [6.07, 6.45) is 1.31. The maximum absolute atomic E-state index is 13.7. The molecule has 2 N–H and O–H groups in total. The van der Waals surface area contributed by atoms with E-state index in [1.165, 1.54) is 0 Å². The summed E-state index contributed by atoms with van der Waals surface area (Å²) >= 11 is 3.61. The summed E-state index contributed by atoms with van der Waals surface area (Å²) in [6, 6.07) is 19.4. The molecule has 168 valence electrons. The van der Waals surface area contributed by atoms with E-state index in [0.717, 1.165) is 38.5 Å². The summed E-state index contributed by atoms with van der Waals surface area (Å²) in [6.45, 7) is 2.22. The van der Waals surface area contributed by atoms with Gasteiger partial charge < -0.3 is 15.5 Å². The van der Waals surface area contributed by atoms with Crippen LogP contribution in [0.25, 0.3) is 10.8 Å². The monoisotopic (exact) mass is 515 g/mol. The first-order valence-electron chi connectivity index (χ1n) is 10.5. The Morgan fingerprint density at radius 1 is 1.16 bits per heavy atom. The molecule has 0 saturated carbocycles. The fraction of sp³-hybridized carbons (Fsp3) is 0.280. The number of carbonyl (C=O) groups is 2. The minimum absolute atomic E-state index is 0. The number of hydrogen-bond acceptors (Lipinski definition) is 3. The number of amides is 2. The third-order valence-corrected chi connectivity index (χ3v) is 6.39. The van der Waals surface area contributed by atoms with Crippen molar-refractivity contribution in [1.82, 2.24) is 10.6 Å². The highest BCUT2D eigenvalue weighted by Crippen LogP contribution is 2.31. The lowest BCUT2D eigenvalue weighted by Gasteiger charge is -2.27. The van der Waals surface area contributed by atoms with Crippen LogP contribution < -0.4 is 15.5 Å². The topological polar surface area (TPSA) is 61.4 Å². The second kappa shape index (κ2) is 10.5. The SMILES string of the molecule is CN[C@@H](C)C(=O)N[C@H]1CCc2ccccc2N(Cc2cc(Br)cc3ccccc23)C1=O.Cl. The Hall–Kier alpha value is -2.41. The summed E-state index contributed by atoms with van der Waals surface area (Å²) in [5, 5.41) is 8.13. The van der Waals surface area contributed by atoms with E-state index in [9.17, 15) is 9.59 Å². The Balaban J connectivity index is 0.00000289. The number of anilines is 1. The predicted molar refractivity (Wildman–Crippen MR) is 135 cm³/mol. The van der Waals surface area contributed by atoms with Gasteiger partial charge in [-0.25, -0.2) is 0 Å². The molecule has 32 heavy (non-hydrogen) atoms. The summed E-state index contributed by atoms with van der Waals surface area (Å²) in [5.74, 6) is -0.245. The second-order valence-corrected chi connectivity index (χ2v) is 8.87. The van der Waals surface area contributed by atoms with E-state index < -0.39 is 6.04 Å². The lowest BCUT2D eigenvalue weighted by Crippen LogP contribution is -2.52. The fourth-order valence-electron chi connectivity index (χ4n) is 4.09. The lowest BCUT2D eigenvalue weighted by molar-refractivity contribution is -0.128. The number of rotatable bonds is 5. The molecule has 0 saturated heterocycles. The van der Waals surface area contributed by atoms with Gasteiger partial charge in [-0.05, 0) is 66.9 Å². The first-order chi connectivity index (χ1) is 15.0. The van der Waals surface area contributed by atoms with Crippen molar-refractivity contribution in [2.75, 3.05) is 11.9 Å². The molecule has 0 aliphatic carbocycles. The van der Waals surface area contributed by atoms with E-state index >= 15 is 0 Å². The Bertz CT molecular complexity index is 1140. The fourth-order valence-corrected chi connectivity index (χ4v) is 4.61. The number of carbonyl (C=O) groups excluding carboxylic acids is 2. The standard InChI is InChI=1S/C25H26BrN3O2.ClH/c1-16(27-2)24(30)28-22-12-11-17-7-4-6-10-23(17)29(25(22)31)15-19-14-20(26)13-18-8-3-5-9-21(18)19;/h3-10,13-14,16,22,27H,11-12,15H2,1-2H3,(H,28,30);1H/t16-,22-;/m0./s1. The number of nitrogens with one attached hydrogen (secondary N) is 2. The molecule has 0 bridgehead atoms. The zero-order valence-electron chi connectivity index (χ0n) is 18.1. The molecule has 0 aromatic heterocycles. The van der Waals surface area contributed by atoms with E-state index in [1.54, 1.807) is 14.0 Å². The minimum Gasteiger partial charge on any atom is -0.343 e. The van der Waals surface area contributed by atoms with E-state index in [1.807, 2.05) is 35.2 Å². The zero-order valence-corrected chi connectivity index (χ0v) is 20.5. The highest BCUT2D eigenvalue weighted by molar-refractivity contribution is 9.10. The first-order valence-corrected chi connectivity index (χ1v) is 11.3. The predicted octanol–water partition coefficient (Wildman–Crippen LogP) is 4.60. The Morgan fingerprint density at radius 3 is 2.66 bits per heavy atom. The van der Waals surface area contributed by atoms with E-state index in [0.29, 0.717) is 13.0 Å². The number of nitrogens with zero attached hydrogens (tertiary/aromatic N) is 1. The summed E-state index contributed by atoms with van der Waals surface area (Å²) in [5.41, 5.74) is 3.09. The van der Waals surface area contributed by atoms with Gasteiger partial charge in [0.05, 0.1) is 12.6 Å². The van der Waals surface area contributed by atoms with Gasteiger partial charge in [0.25, 0.3) is 0 Å². The Morgan fingerprint density at radius 2 is 1.88 bits per heavy atom. The average molecular weight is 517 g/mol. The molecule has 0 unspecified atom stereocenters. The van der Waals surface area contributed by atoms with Gasteiger partial charge in [0.1, 0.15) is 6.04 Å². The highest BCUT2D eigenvalue weighted by Gasteiger charge is 2.32. The third kappa shape index (κ3) is 4.98. The van der Waals surface area contributed by atoms with Crippen LogP contribution in [-0.2, 0) is 22.6 Å². The van der Waals surface area contributed by atoms with Crippen LogP contribution in [0.1, 0.15) is 24.5 Å². The van der Waals surface area contributed by atoms with Crippen LogP contribution >= 0.6 is 28.3 Å². The van der Waals surface area contributed by atoms with E-state index in [2.05, 4.69) is 56.9 Å². The molecule has 3 aromatic rings. The summed E-state index contributed by atoms with van der Waals surface area (Å²) < 4.78 is 0.976. The van der Waals surface area contributed by atoms with Crippen LogP contribution in [-0.4, -0.2) is 30.9 Å². The number of halogens is 2. The molecule has 1 aliphatic heterocycles. The van der Waals surface area contributed by atoms with Crippen LogP contribution in [0.2, 0.25) is 0 Å². The molecule has 5 nitrogen and oxygen atoms in total. The normalized spacial score (nSPS) is 16.7. The van der Waals surface area contributed by atoms with E-state index in [-0.39, 0.29) is 30.3 Å². The van der Waals surface area contributed by atoms with Gasteiger partial charge in [0.15, 0.2) is 0 Å². The van der Waals surface area contributed by atoms with Crippen LogP contribution in [0, 0.1) is 0 Å². The highest BCUT2D eigenvalue weighted by atomic mass is 79.9. The van der Waals surface area contributed by atoms with Crippen LogP contribution in [0.15, 0.2) is 65.1 Å². The number of likely N-dealkylation sites (N-methyl/N-ethyl adjacent to an activating group) is 1. The van der Waals surface area contributed by atoms with Crippen LogP contribution in [0.5, 0.6) is 0 Å². The molecule has 1 aliphatic rings. The Labute approximate surface area is 203 Å². The van der Waals surface area contributed by atoms with Crippen LogP contribution in [0.3, 0.4) is 0 Å². The van der Waals surface area contributed by atoms with Gasteiger partial charge in [-0.1, -0.05) is 58.4 Å². The molecule has 2 amide bonds. The molecule has 1 heterocycles. The Kier molecular flexibility index (Phi) is 7.93. The summed E-state index contributed by atoms with van der Waals surface area (Å²) in [4.78, 5) is 28.0. The molecule has 0 fully saturated rings. The van der Waals surface area contributed by atoms with Crippen molar-refractivity contribution in [1.29, 1.82) is 0 Å². The van der Waals surface area contributed by atoms with Crippen molar-refractivity contribution in [2.24, 2.45) is 0 Å². The van der Waals surface area contributed by atoms with Crippen molar-refractivity contribution < 1.29 is 9.59 Å². The lowest BCUT2D eigenvalue weighted by atomic mass is 10.0. The van der Waals surface area contributed by atoms with Crippen molar-refractivity contribution >= 4 is 56.6 Å². The van der Waals surface area contributed by atoms with Crippen molar-refractivity contribution in [3.8, 4) is 0 Å². The number of para-hydroxylation sites is 1. The average Bonchev–Trinajstić information content (AvgIpc) is 2.90. The molecule has 0 spiro atoms. The second-order valence-electron chi connectivity index (χ2n) is 7.95. The molecule has 0 radical (unpaired) electrons. The quantitative estimate of drug-likeness (QED) is 0.521. The van der Waals surface area contributed by atoms with Gasteiger partial charge in [0.2, 0.25) is 11.8 Å². The van der Waals surface area contributed by atoms with Gasteiger partial charge >= 0.3 is 0 Å². The molecule has 2 atom stereocenters. The van der Waals surface area contributed by atoms with Gasteiger partial charge in [0, 0.05) is 10.2 Å². The maximum atomic E-state index is 13.7. The van der Waals surface area contributed by atoms with Crippen molar-refractivity contribution in [2.45, 2.75) is 38.4 Å². The zero-order chi connectivity index (χ0) is 22.0. The van der Waals surface area contributed by atoms with E-state index in [4.69, 9.17) is 0 Å². The number of hydrogen-bond donors (Lipinski definition) is 2. The number of benzene rings is 3. The van der Waals surface area contributed by atoms with Gasteiger partial charge in [-0.2, -0.15) is 0 Å². The molecular formula is C25H27BrClN3O2. The summed E-state index contributed by atoms with van der Waals surface area (Å²) in [7, 11) is 1.74. The first kappa shape index (κ1) is 24.2. The van der Waals surface area contributed by atoms with Crippen molar-refractivity contribution in [3.05, 3.63) is 76.3 Å². The number of fused-ring (bicyclic) bond motifs is 2. The molecular weight excluding hydrogens is 490 g/mol. The molecule has 7 heteroatoms. The largest absolute Gasteiger partial charge is 0.343 e. The number of aryl methyl sites for hydroxylation is 1. The molecule has 4 rings (SSSR count).